The molecule has 3 N–H and O–H groups in total. The van der Waals surface area contributed by atoms with Crippen molar-refractivity contribution in [2.75, 3.05) is 39.0 Å². The van der Waals surface area contributed by atoms with Gasteiger partial charge in [0.1, 0.15) is 18.0 Å². The Labute approximate surface area is 202 Å². The van der Waals surface area contributed by atoms with E-state index in [2.05, 4.69) is 10.6 Å². The van der Waals surface area contributed by atoms with E-state index in [1.165, 1.54) is 0 Å². The number of methoxy groups -OCH3 is 1. The molecule has 4 atom stereocenters. The molecule has 0 saturated carbocycles. The lowest BCUT2D eigenvalue weighted by Gasteiger charge is -2.37. The SMILES string of the molecule is COCCNC(=O)C[C@H]1C[C@@H]2c3cc(NC(=O)c4ccc5c(c4)OCO5)ccc3O[C@@H]2[C@@H](CO)O1. The molecule has 0 aliphatic carbocycles. The first-order valence-corrected chi connectivity index (χ1v) is 11.6. The highest BCUT2D eigenvalue weighted by atomic mass is 16.7. The van der Waals surface area contributed by atoms with Gasteiger partial charge in [-0.1, -0.05) is 0 Å². The van der Waals surface area contributed by atoms with E-state index in [9.17, 15) is 14.7 Å². The Morgan fingerprint density at radius 3 is 2.77 bits per heavy atom. The molecule has 0 bridgehead atoms. The fourth-order valence-electron chi connectivity index (χ4n) is 4.78. The minimum Gasteiger partial charge on any atom is -0.487 e. The Morgan fingerprint density at radius 2 is 1.94 bits per heavy atom. The summed E-state index contributed by atoms with van der Waals surface area (Å²) in [4.78, 5) is 25.1. The standard InChI is InChI=1S/C25H28N2O8/c1-31-7-6-26-23(29)11-16-10-18-17-9-15(3-5-19(17)35-24(18)22(12-28)34-16)27-25(30)14-2-4-20-21(8-14)33-13-32-20/h2-5,8-9,16,18,22,24,28H,6-7,10-13H2,1H3,(H,26,29)(H,27,30)/t16-,18-,22-,24+/m1/s1. The Hall–Kier alpha value is -3.34. The average Bonchev–Trinajstić information content (AvgIpc) is 3.47. The lowest BCUT2D eigenvalue weighted by molar-refractivity contribution is -0.142. The number of anilines is 1. The number of hydrogen-bond acceptors (Lipinski definition) is 8. The molecule has 1 fully saturated rings. The molecule has 35 heavy (non-hydrogen) atoms. The normalized spacial score (nSPS) is 23.7. The van der Waals surface area contributed by atoms with Crippen LogP contribution in [0.25, 0.3) is 0 Å². The molecule has 0 aromatic heterocycles. The van der Waals surface area contributed by atoms with E-state index < -0.39 is 6.10 Å². The van der Waals surface area contributed by atoms with E-state index in [0.29, 0.717) is 48.1 Å². The summed E-state index contributed by atoms with van der Waals surface area (Å²) in [6, 6.07) is 10.5. The van der Waals surface area contributed by atoms with E-state index in [1.54, 1.807) is 31.4 Å². The summed E-state index contributed by atoms with van der Waals surface area (Å²) >= 11 is 0. The molecular weight excluding hydrogens is 456 g/mol. The molecule has 2 aromatic carbocycles. The maximum Gasteiger partial charge on any atom is 0.255 e. The van der Waals surface area contributed by atoms with Gasteiger partial charge < -0.3 is 39.4 Å². The van der Waals surface area contributed by atoms with Gasteiger partial charge in [-0.05, 0) is 42.8 Å². The van der Waals surface area contributed by atoms with E-state index in [0.717, 1.165) is 5.56 Å². The third kappa shape index (κ3) is 4.90. The van der Waals surface area contributed by atoms with E-state index in [1.807, 2.05) is 12.1 Å². The van der Waals surface area contributed by atoms with Crippen molar-refractivity contribution in [3.05, 3.63) is 47.5 Å². The second-order valence-electron chi connectivity index (χ2n) is 8.73. The van der Waals surface area contributed by atoms with Crippen molar-refractivity contribution in [1.82, 2.24) is 5.32 Å². The van der Waals surface area contributed by atoms with E-state index in [4.69, 9.17) is 23.7 Å². The van der Waals surface area contributed by atoms with Gasteiger partial charge in [0.2, 0.25) is 12.7 Å². The minimum absolute atomic E-state index is 0.0740. The second kappa shape index (κ2) is 10.1. The van der Waals surface area contributed by atoms with Gasteiger partial charge in [0, 0.05) is 36.4 Å². The number of hydrogen-bond donors (Lipinski definition) is 3. The predicted molar refractivity (Wildman–Crippen MR) is 124 cm³/mol. The summed E-state index contributed by atoms with van der Waals surface area (Å²) in [6.07, 6.45) is -0.533. The van der Waals surface area contributed by atoms with Gasteiger partial charge in [-0.15, -0.1) is 0 Å². The van der Waals surface area contributed by atoms with Gasteiger partial charge in [-0.3, -0.25) is 9.59 Å². The number of aliphatic hydroxyl groups excluding tert-OH is 1. The molecule has 0 unspecified atom stereocenters. The molecule has 0 radical (unpaired) electrons. The summed E-state index contributed by atoms with van der Waals surface area (Å²) in [6.45, 7) is 0.784. The van der Waals surface area contributed by atoms with Crippen molar-refractivity contribution < 1.29 is 38.4 Å². The van der Waals surface area contributed by atoms with Crippen molar-refractivity contribution in [3.8, 4) is 17.2 Å². The highest BCUT2D eigenvalue weighted by Gasteiger charge is 2.46. The van der Waals surface area contributed by atoms with Crippen LogP contribution in [0.3, 0.4) is 0 Å². The quantitative estimate of drug-likeness (QED) is 0.485. The van der Waals surface area contributed by atoms with Crippen LogP contribution in [0, 0.1) is 0 Å². The Morgan fingerprint density at radius 1 is 1.11 bits per heavy atom. The molecule has 0 spiro atoms. The van der Waals surface area contributed by atoms with Gasteiger partial charge in [0.25, 0.3) is 5.91 Å². The van der Waals surface area contributed by atoms with Crippen molar-refractivity contribution in [2.24, 2.45) is 0 Å². The first-order valence-electron chi connectivity index (χ1n) is 11.6. The zero-order valence-electron chi connectivity index (χ0n) is 19.3. The summed E-state index contributed by atoms with van der Waals surface area (Å²) < 4.78 is 27.7. The van der Waals surface area contributed by atoms with Crippen LogP contribution in [-0.2, 0) is 14.3 Å². The number of carbonyl (C=O) groups is 2. The van der Waals surface area contributed by atoms with Gasteiger partial charge >= 0.3 is 0 Å². The van der Waals surface area contributed by atoms with Crippen molar-refractivity contribution in [1.29, 1.82) is 0 Å². The van der Waals surface area contributed by atoms with Gasteiger partial charge in [-0.25, -0.2) is 0 Å². The molecular formula is C25H28N2O8. The highest BCUT2D eigenvalue weighted by Crippen LogP contribution is 2.47. The minimum atomic E-state index is -0.551. The van der Waals surface area contributed by atoms with Gasteiger partial charge in [0.15, 0.2) is 11.5 Å². The number of aliphatic hydroxyl groups is 1. The van der Waals surface area contributed by atoms with Crippen LogP contribution < -0.4 is 24.8 Å². The van der Waals surface area contributed by atoms with E-state index in [-0.39, 0.29) is 49.8 Å². The van der Waals surface area contributed by atoms with Crippen molar-refractivity contribution in [3.63, 3.8) is 0 Å². The third-order valence-corrected chi connectivity index (χ3v) is 6.43. The molecule has 3 aliphatic rings. The van der Waals surface area contributed by atoms with E-state index >= 15 is 0 Å². The number of benzene rings is 2. The van der Waals surface area contributed by atoms with Crippen LogP contribution in [0.5, 0.6) is 17.2 Å². The maximum atomic E-state index is 12.8. The molecule has 10 nitrogen and oxygen atoms in total. The number of ether oxygens (including phenoxy) is 5. The predicted octanol–water partition coefficient (Wildman–Crippen LogP) is 1.81. The highest BCUT2D eigenvalue weighted by molar-refractivity contribution is 6.04. The Kier molecular flexibility index (Phi) is 6.76. The van der Waals surface area contributed by atoms with Crippen LogP contribution in [0.1, 0.15) is 34.7 Å². The number of amides is 2. The maximum absolute atomic E-state index is 12.8. The number of rotatable bonds is 8. The lowest BCUT2D eigenvalue weighted by Crippen LogP contribution is -2.47. The topological polar surface area (TPSA) is 125 Å². The summed E-state index contributed by atoms with van der Waals surface area (Å²) in [7, 11) is 1.58. The molecule has 3 heterocycles. The van der Waals surface area contributed by atoms with Gasteiger partial charge in [-0.2, -0.15) is 0 Å². The molecule has 186 valence electrons. The number of carbonyl (C=O) groups excluding carboxylic acids is 2. The largest absolute Gasteiger partial charge is 0.487 e. The van der Waals surface area contributed by atoms with Crippen molar-refractivity contribution in [2.45, 2.75) is 37.1 Å². The summed E-state index contributed by atoms with van der Waals surface area (Å²) in [5.74, 6) is 1.36. The first kappa shape index (κ1) is 23.4. The molecule has 2 aromatic rings. The third-order valence-electron chi connectivity index (χ3n) is 6.43. The van der Waals surface area contributed by atoms with Crippen LogP contribution in [-0.4, -0.2) is 68.9 Å². The zero-order chi connectivity index (χ0) is 24.4. The molecule has 2 amide bonds. The van der Waals surface area contributed by atoms with Gasteiger partial charge in [0.05, 0.1) is 25.7 Å². The smallest absolute Gasteiger partial charge is 0.255 e. The summed E-state index contributed by atoms with van der Waals surface area (Å²) in [5, 5.41) is 15.6. The lowest BCUT2D eigenvalue weighted by atomic mass is 9.84. The summed E-state index contributed by atoms with van der Waals surface area (Å²) in [5.41, 5.74) is 2.00. The second-order valence-corrected chi connectivity index (χ2v) is 8.73. The fourth-order valence-corrected chi connectivity index (χ4v) is 4.78. The number of nitrogens with one attached hydrogen (secondary N) is 2. The first-order chi connectivity index (χ1) is 17.1. The zero-order valence-corrected chi connectivity index (χ0v) is 19.3. The molecule has 1 saturated heterocycles. The Balaban J connectivity index is 1.29. The van der Waals surface area contributed by atoms with Crippen molar-refractivity contribution >= 4 is 17.5 Å². The molecule has 5 rings (SSSR count). The average molecular weight is 485 g/mol. The number of fused-ring (bicyclic) bond motifs is 4. The molecule has 10 heteroatoms. The monoisotopic (exact) mass is 484 g/mol. The molecule has 3 aliphatic heterocycles. The van der Waals surface area contributed by atoms with Crippen LogP contribution in [0.2, 0.25) is 0 Å². The van der Waals surface area contributed by atoms with Crippen LogP contribution >= 0.6 is 0 Å². The van der Waals surface area contributed by atoms with Crippen LogP contribution in [0.15, 0.2) is 36.4 Å². The Bertz CT molecular complexity index is 1110. The van der Waals surface area contributed by atoms with Crippen LogP contribution in [0.4, 0.5) is 5.69 Å². The fraction of sp³-hybridized carbons (Fsp3) is 0.440.